The molecule has 0 radical (unpaired) electrons. The van der Waals surface area contributed by atoms with Crippen LogP contribution in [0.25, 0.3) is 0 Å². The Morgan fingerprint density at radius 1 is 1.48 bits per heavy atom. The molecule has 0 bridgehead atoms. The summed E-state index contributed by atoms with van der Waals surface area (Å²) in [4.78, 5) is 24.4. The first-order valence-electron chi connectivity index (χ1n) is 7.07. The number of urea groups is 1. The molecular weight excluding hydrogens is 334 g/mol. The number of nitrogens with two attached hydrogens (primary N) is 1. The Hall–Kier alpha value is -1.40. The van der Waals surface area contributed by atoms with Crippen molar-refractivity contribution in [3.63, 3.8) is 0 Å². The minimum Gasteiger partial charge on any atom is -0.351 e. The van der Waals surface area contributed by atoms with Crippen molar-refractivity contribution in [2.75, 3.05) is 13.1 Å². The lowest BCUT2D eigenvalue weighted by Crippen LogP contribution is -2.37. The van der Waals surface area contributed by atoms with Crippen LogP contribution in [0.3, 0.4) is 0 Å². The van der Waals surface area contributed by atoms with E-state index >= 15 is 0 Å². The molecule has 1 saturated heterocycles. The van der Waals surface area contributed by atoms with E-state index in [0.717, 1.165) is 23.9 Å². The van der Waals surface area contributed by atoms with Crippen LogP contribution < -0.4 is 11.1 Å². The number of imide groups is 1. The van der Waals surface area contributed by atoms with E-state index in [0.29, 0.717) is 12.6 Å². The highest BCUT2D eigenvalue weighted by atomic mass is 79.9. The van der Waals surface area contributed by atoms with Crippen LogP contribution in [0.2, 0.25) is 0 Å². The molecule has 1 atom stereocenters. The number of hydrogen-bond donors (Lipinski definition) is 2. The number of carbonyl (C=O) groups is 2. The predicted molar refractivity (Wildman–Crippen MR) is 84.8 cm³/mol. The topological polar surface area (TPSA) is 75.4 Å². The number of halogens is 1. The van der Waals surface area contributed by atoms with Gasteiger partial charge in [0.05, 0.1) is 0 Å². The molecule has 0 aromatic heterocycles. The Kier molecular flexibility index (Phi) is 5.36. The van der Waals surface area contributed by atoms with Gasteiger partial charge in [0.2, 0.25) is 5.91 Å². The first-order chi connectivity index (χ1) is 9.97. The predicted octanol–water partition coefficient (Wildman–Crippen LogP) is 2.48. The van der Waals surface area contributed by atoms with E-state index in [4.69, 9.17) is 5.73 Å². The molecule has 5 nitrogen and oxygen atoms in total. The Bertz CT molecular complexity index is 548. The standard InChI is InChI=1S/C15H20BrN3O2/c1-10-9-11(4-5-12(10)16)13-3-2-7-19(13)8-6-14(20)18-15(17)21/h4-5,9,13H,2-3,6-8H2,1H3,(H3,17,18,20,21). The fraction of sp³-hybridized carbons (Fsp3) is 0.467. The number of nitrogens with one attached hydrogen (secondary N) is 1. The van der Waals surface area contributed by atoms with Crippen molar-refractivity contribution in [3.05, 3.63) is 33.8 Å². The third kappa shape index (κ3) is 4.28. The molecule has 1 aromatic carbocycles. The molecule has 1 unspecified atom stereocenters. The summed E-state index contributed by atoms with van der Waals surface area (Å²) in [5.74, 6) is -0.319. The van der Waals surface area contributed by atoms with Crippen LogP contribution in [0.5, 0.6) is 0 Å². The molecule has 21 heavy (non-hydrogen) atoms. The Morgan fingerprint density at radius 3 is 2.90 bits per heavy atom. The van der Waals surface area contributed by atoms with Crippen LogP contribution in [-0.4, -0.2) is 29.9 Å². The summed E-state index contributed by atoms with van der Waals surface area (Å²) >= 11 is 3.52. The molecular formula is C15H20BrN3O2. The highest BCUT2D eigenvalue weighted by Gasteiger charge is 2.26. The monoisotopic (exact) mass is 353 g/mol. The summed E-state index contributed by atoms with van der Waals surface area (Å²) < 4.78 is 1.11. The van der Waals surface area contributed by atoms with E-state index in [9.17, 15) is 9.59 Å². The van der Waals surface area contributed by atoms with E-state index in [1.807, 2.05) is 0 Å². The van der Waals surface area contributed by atoms with Crippen LogP contribution in [-0.2, 0) is 4.79 Å². The van der Waals surface area contributed by atoms with Crippen LogP contribution in [0.15, 0.2) is 22.7 Å². The Balaban J connectivity index is 1.98. The van der Waals surface area contributed by atoms with E-state index in [-0.39, 0.29) is 12.3 Å². The first kappa shape index (κ1) is 16.0. The highest BCUT2D eigenvalue weighted by Crippen LogP contribution is 2.33. The van der Waals surface area contributed by atoms with Crippen LogP contribution >= 0.6 is 15.9 Å². The highest BCUT2D eigenvalue weighted by molar-refractivity contribution is 9.10. The van der Waals surface area contributed by atoms with Crippen molar-refractivity contribution in [2.24, 2.45) is 5.73 Å². The van der Waals surface area contributed by atoms with Gasteiger partial charge in [0, 0.05) is 23.5 Å². The zero-order chi connectivity index (χ0) is 15.4. The van der Waals surface area contributed by atoms with E-state index in [2.05, 4.69) is 51.3 Å². The summed E-state index contributed by atoms with van der Waals surface area (Å²) in [5.41, 5.74) is 7.43. The SMILES string of the molecule is Cc1cc(C2CCCN2CCC(=O)NC(N)=O)ccc1Br. The maximum Gasteiger partial charge on any atom is 0.318 e. The number of amides is 3. The zero-order valence-corrected chi connectivity index (χ0v) is 13.6. The first-order valence-corrected chi connectivity index (χ1v) is 7.86. The average Bonchev–Trinajstić information content (AvgIpc) is 2.87. The second-order valence-corrected chi connectivity index (χ2v) is 6.22. The van der Waals surface area contributed by atoms with Crippen molar-refractivity contribution in [1.82, 2.24) is 10.2 Å². The fourth-order valence-electron chi connectivity index (χ4n) is 2.79. The fourth-order valence-corrected chi connectivity index (χ4v) is 3.04. The third-order valence-electron chi connectivity index (χ3n) is 3.82. The Labute approximate surface area is 133 Å². The number of nitrogens with zero attached hydrogens (tertiary/aromatic N) is 1. The molecule has 0 aliphatic carbocycles. The molecule has 1 fully saturated rings. The molecule has 0 saturated carbocycles. The number of benzene rings is 1. The second-order valence-electron chi connectivity index (χ2n) is 5.37. The quantitative estimate of drug-likeness (QED) is 0.872. The van der Waals surface area contributed by atoms with Crippen molar-refractivity contribution in [3.8, 4) is 0 Å². The van der Waals surface area contributed by atoms with Gasteiger partial charge in [-0.25, -0.2) is 4.79 Å². The summed E-state index contributed by atoms with van der Waals surface area (Å²) in [6, 6.07) is 5.95. The molecule has 1 aliphatic heterocycles. The van der Waals surface area contributed by atoms with Crippen molar-refractivity contribution in [2.45, 2.75) is 32.2 Å². The van der Waals surface area contributed by atoms with E-state index in [1.54, 1.807) is 0 Å². The number of carbonyl (C=O) groups excluding carboxylic acids is 2. The van der Waals surface area contributed by atoms with Gasteiger partial charge in [-0.05, 0) is 43.5 Å². The van der Waals surface area contributed by atoms with Gasteiger partial charge < -0.3 is 5.73 Å². The van der Waals surface area contributed by atoms with Crippen LogP contribution in [0, 0.1) is 6.92 Å². The molecule has 114 valence electrons. The molecule has 3 N–H and O–H groups in total. The second kappa shape index (κ2) is 7.04. The summed E-state index contributed by atoms with van der Waals surface area (Å²) in [5, 5.41) is 2.10. The maximum absolute atomic E-state index is 11.5. The molecule has 1 aromatic rings. The summed E-state index contributed by atoms with van der Waals surface area (Å²) in [6.45, 7) is 3.69. The van der Waals surface area contributed by atoms with Gasteiger partial charge in [0.25, 0.3) is 0 Å². The number of likely N-dealkylation sites (tertiary alicyclic amines) is 1. The lowest BCUT2D eigenvalue weighted by Gasteiger charge is -2.25. The minimum atomic E-state index is -0.790. The minimum absolute atomic E-state index is 0.287. The third-order valence-corrected chi connectivity index (χ3v) is 4.71. The molecule has 0 spiro atoms. The number of rotatable bonds is 4. The zero-order valence-electron chi connectivity index (χ0n) is 12.1. The lowest BCUT2D eigenvalue weighted by molar-refractivity contribution is -0.120. The number of primary amides is 1. The smallest absolute Gasteiger partial charge is 0.318 e. The van der Waals surface area contributed by atoms with Gasteiger partial charge in [0.15, 0.2) is 0 Å². The van der Waals surface area contributed by atoms with E-state index in [1.165, 1.54) is 11.1 Å². The molecule has 1 heterocycles. The summed E-state index contributed by atoms with van der Waals surface area (Å²) in [6.07, 6.45) is 2.50. The molecule has 2 rings (SSSR count). The number of aryl methyl sites for hydroxylation is 1. The largest absolute Gasteiger partial charge is 0.351 e. The van der Waals surface area contributed by atoms with Crippen molar-refractivity contribution >= 4 is 27.9 Å². The lowest BCUT2D eigenvalue weighted by atomic mass is 10.0. The van der Waals surface area contributed by atoms with Crippen LogP contribution in [0.1, 0.15) is 36.4 Å². The van der Waals surface area contributed by atoms with Gasteiger partial charge >= 0.3 is 6.03 Å². The molecule has 3 amide bonds. The van der Waals surface area contributed by atoms with Gasteiger partial charge in [-0.1, -0.05) is 28.1 Å². The van der Waals surface area contributed by atoms with Gasteiger partial charge in [-0.3, -0.25) is 15.0 Å². The van der Waals surface area contributed by atoms with Crippen molar-refractivity contribution in [1.29, 1.82) is 0 Å². The van der Waals surface area contributed by atoms with Crippen LogP contribution in [0.4, 0.5) is 4.79 Å². The summed E-state index contributed by atoms with van der Waals surface area (Å²) in [7, 11) is 0. The molecule has 6 heteroatoms. The number of hydrogen-bond acceptors (Lipinski definition) is 3. The van der Waals surface area contributed by atoms with Gasteiger partial charge in [0.1, 0.15) is 0 Å². The normalized spacial score (nSPS) is 18.7. The van der Waals surface area contributed by atoms with Gasteiger partial charge in [-0.2, -0.15) is 0 Å². The molecule has 1 aliphatic rings. The van der Waals surface area contributed by atoms with Crippen molar-refractivity contribution < 1.29 is 9.59 Å². The van der Waals surface area contributed by atoms with Gasteiger partial charge in [-0.15, -0.1) is 0 Å². The Morgan fingerprint density at radius 2 is 2.24 bits per heavy atom. The average molecular weight is 354 g/mol. The van der Waals surface area contributed by atoms with E-state index < -0.39 is 6.03 Å². The maximum atomic E-state index is 11.5.